The molecule has 14 heavy (non-hydrogen) atoms. The summed E-state index contributed by atoms with van der Waals surface area (Å²) in [6.45, 7) is 4.36. The molecule has 2 unspecified atom stereocenters. The number of alkyl halides is 1. The van der Waals surface area contributed by atoms with Gasteiger partial charge in [-0.05, 0) is 45.4 Å². The predicted molar refractivity (Wildman–Crippen MR) is 65.0 cm³/mol. The quantitative estimate of drug-likeness (QED) is 0.692. The van der Waals surface area contributed by atoms with Crippen LogP contribution in [0.1, 0.15) is 52.4 Å². The van der Waals surface area contributed by atoms with Crippen LogP contribution >= 0.6 is 15.9 Å². The van der Waals surface area contributed by atoms with Crippen LogP contribution in [0.15, 0.2) is 0 Å². The highest BCUT2D eigenvalue weighted by atomic mass is 79.9. The highest BCUT2D eigenvalue weighted by Crippen LogP contribution is 2.33. The molecule has 1 rings (SSSR count). The molecule has 0 saturated heterocycles. The first-order valence-electron chi connectivity index (χ1n) is 5.73. The minimum atomic E-state index is 0.0687. The summed E-state index contributed by atoms with van der Waals surface area (Å²) in [5.41, 5.74) is 0.0687. The van der Waals surface area contributed by atoms with Crippen LogP contribution in [0.5, 0.6) is 0 Å². The van der Waals surface area contributed by atoms with Crippen LogP contribution in [0.2, 0.25) is 0 Å². The molecule has 1 saturated carbocycles. The van der Waals surface area contributed by atoms with E-state index in [1.54, 1.807) is 0 Å². The number of rotatable bonds is 4. The van der Waals surface area contributed by atoms with Gasteiger partial charge in [0.1, 0.15) is 0 Å². The molecule has 1 aliphatic rings. The van der Waals surface area contributed by atoms with E-state index in [0.29, 0.717) is 0 Å². The molecule has 1 fully saturated rings. The number of ether oxygens (including phenoxy) is 1. The first kappa shape index (κ1) is 12.5. The van der Waals surface area contributed by atoms with Crippen molar-refractivity contribution in [2.24, 2.45) is 5.92 Å². The summed E-state index contributed by atoms with van der Waals surface area (Å²) in [4.78, 5) is 0.770. The van der Waals surface area contributed by atoms with E-state index in [1.807, 2.05) is 7.11 Å². The van der Waals surface area contributed by atoms with E-state index in [9.17, 15) is 0 Å². The van der Waals surface area contributed by atoms with Crippen molar-refractivity contribution in [2.45, 2.75) is 62.8 Å². The summed E-state index contributed by atoms with van der Waals surface area (Å²) in [6.07, 6.45) is 8.05. The summed E-state index contributed by atoms with van der Waals surface area (Å²) < 4.78 is 5.44. The first-order valence-corrected chi connectivity index (χ1v) is 6.64. The normalized spacial score (nSPS) is 29.1. The van der Waals surface area contributed by atoms with Crippen molar-refractivity contribution < 1.29 is 4.74 Å². The highest BCUT2D eigenvalue weighted by Gasteiger charge is 2.23. The fraction of sp³-hybridized carbons (Fsp3) is 1.00. The fourth-order valence-electron chi connectivity index (χ4n) is 2.14. The Morgan fingerprint density at radius 2 is 2.07 bits per heavy atom. The number of halogens is 1. The van der Waals surface area contributed by atoms with Gasteiger partial charge >= 0.3 is 0 Å². The monoisotopic (exact) mass is 262 g/mol. The molecule has 0 N–H and O–H groups in total. The van der Waals surface area contributed by atoms with Crippen molar-refractivity contribution in [1.82, 2.24) is 0 Å². The third-order valence-electron chi connectivity index (χ3n) is 3.43. The molecule has 0 heterocycles. The molecule has 1 nitrogen and oxygen atoms in total. The smallest absolute Gasteiger partial charge is 0.0622 e. The topological polar surface area (TPSA) is 9.23 Å². The van der Waals surface area contributed by atoms with Crippen molar-refractivity contribution in [1.29, 1.82) is 0 Å². The van der Waals surface area contributed by atoms with E-state index in [1.165, 1.54) is 38.5 Å². The summed E-state index contributed by atoms with van der Waals surface area (Å²) >= 11 is 3.73. The van der Waals surface area contributed by atoms with Crippen LogP contribution < -0.4 is 0 Å². The second kappa shape index (κ2) is 5.50. The third kappa shape index (κ3) is 4.31. The standard InChI is InChI=1S/C12H23BrO/c1-12(2,14-3)8-7-10-5-4-6-11(13)9-10/h10-11H,4-9H2,1-3H3. The van der Waals surface area contributed by atoms with E-state index in [0.717, 1.165) is 10.7 Å². The van der Waals surface area contributed by atoms with Gasteiger partial charge in [-0.25, -0.2) is 0 Å². The second-order valence-electron chi connectivity index (χ2n) is 5.13. The average molecular weight is 263 g/mol. The van der Waals surface area contributed by atoms with Gasteiger partial charge in [0.25, 0.3) is 0 Å². The van der Waals surface area contributed by atoms with E-state index in [2.05, 4.69) is 29.8 Å². The van der Waals surface area contributed by atoms with E-state index in [-0.39, 0.29) is 5.60 Å². The van der Waals surface area contributed by atoms with Crippen LogP contribution in [0.4, 0.5) is 0 Å². The molecule has 0 aliphatic heterocycles. The third-order valence-corrected chi connectivity index (χ3v) is 4.26. The maximum Gasteiger partial charge on any atom is 0.0622 e. The number of hydrogen-bond acceptors (Lipinski definition) is 1. The molecule has 0 radical (unpaired) electrons. The van der Waals surface area contributed by atoms with Gasteiger partial charge in [0.2, 0.25) is 0 Å². The van der Waals surface area contributed by atoms with Crippen molar-refractivity contribution in [3.05, 3.63) is 0 Å². The average Bonchev–Trinajstić information content (AvgIpc) is 2.15. The molecule has 1 aliphatic carbocycles. The Morgan fingerprint density at radius 1 is 1.36 bits per heavy atom. The van der Waals surface area contributed by atoms with Crippen LogP contribution in [-0.4, -0.2) is 17.5 Å². The molecular formula is C12H23BrO. The zero-order chi connectivity index (χ0) is 10.6. The Morgan fingerprint density at radius 3 is 2.64 bits per heavy atom. The summed E-state index contributed by atoms with van der Waals surface area (Å²) in [5.74, 6) is 0.919. The van der Waals surface area contributed by atoms with Gasteiger partial charge in [-0.1, -0.05) is 28.8 Å². The Labute approximate surface area is 96.7 Å². The molecular weight excluding hydrogens is 240 g/mol. The maximum atomic E-state index is 5.44. The van der Waals surface area contributed by atoms with Gasteiger partial charge < -0.3 is 4.74 Å². The Hall–Kier alpha value is 0.440. The maximum absolute atomic E-state index is 5.44. The van der Waals surface area contributed by atoms with E-state index >= 15 is 0 Å². The minimum absolute atomic E-state index is 0.0687. The summed E-state index contributed by atoms with van der Waals surface area (Å²) in [7, 11) is 1.81. The Balaban J connectivity index is 2.23. The van der Waals surface area contributed by atoms with Crippen molar-refractivity contribution in [3.63, 3.8) is 0 Å². The summed E-state index contributed by atoms with van der Waals surface area (Å²) in [6, 6.07) is 0. The minimum Gasteiger partial charge on any atom is -0.379 e. The molecule has 84 valence electrons. The van der Waals surface area contributed by atoms with Gasteiger partial charge in [0.15, 0.2) is 0 Å². The first-order chi connectivity index (χ1) is 6.53. The van der Waals surface area contributed by atoms with Gasteiger partial charge in [-0.3, -0.25) is 0 Å². The molecule has 2 atom stereocenters. The zero-order valence-electron chi connectivity index (χ0n) is 9.68. The molecule has 0 aromatic heterocycles. The zero-order valence-corrected chi connectivity index (χ0v) is 11.3. The Kier molecular flexibility index (Phi) is 4.92. The van der Waals surface area contributed by atoms with E-state index in [4.69, 9.17) is 4.74 Å². The van der Waals surface area contributed by atoms with Crippen LogP contribution in [-0.2, 0) is 4.74 Å². The molecule has 0 aromatic rings. The lowest BCUT2D eigenvalue weighted by molar-refractivity contribution is 0.00921. The van der Waals surface area contributed by atoms with Crippen LogP contribution in [0.3, 0.4) is 0 Å². The lowest BCUT2D eigenvalue weighted by Crippen LogP contribution is -2.25. The van der Waals surface area contributed by atoms with Crippen LogP contribution in [0.25, 0.3) is 0 Å². The molecule has 2 heteroatoms. The van der Waals surface area contributed by atoms with E-state index < -0.39 is 0 Å². The van der Waals surface area contributed by atoms with Crippen molar-refractivity contribution >= 4 is 15.9 Å². The van der Waals surface area contributed by atoms with Gasteiger partial charge in [-0.15, -0.1) is 0 Å². The molecule has 0 amide bonds. The molecule has 0 aromatic carbocycles. The molecule has 0 spiro atoms. The lowest BCUT2D eigenvalue weighted by atomic mass is 9.84. The SMILES string of the molecule is COC(C)(C)CCC1CCCC(Br)C1. The van der Waals surface area contributed by atoms with Gasteiger partial charge in [0, 0.05) is 11.9 Å². The number of hydrogen-bond donors (Lipinski definition) is 0. The van der Waals surface area contributed by atoms with Gasteiger partial charge in [-0.2, -0.15) is 0 Å². The molecule has 0 bridgehead atoms. The predicted octanol–water partition coefficient (Wildman–Crippen LogP) is 4.15. The lowest BCUT2D eigenvalue weighted by Gasteiger charge is -2.29. The van der Waals surface area contributed by atoms with Crippen LogP contribution in [0, 0.1) is 5.92 Å². The Bertz CT molecular complexity index is 168. The van der Waals surface area contributed by atoms with Crippen molar-refractivity contribution in [2.75, 3.05) is 7.11 Å². The highest BCUT2D eigenvalue weighted by molar-refractivity contribution is 9.09. The van der Waals surface area contributed by atoms with Gasteiger partial charge in [0.05, 0.1) is 5.60 Å². The second-order valence-corrected chi connectivity index (χ2v) is 6.43. The number of methoxy groups -OCH3 is 1. The largest absolute Gasteiger partial charge is 0.379 e. The summed E-state index contributed by atoms with van der Waals surface area (Å²) in [5, 5.41) is 0. The van der Waals surface area contributed by atoms with Crippen molar-refractivity contribution in [3.8, 4) is 0 Å². The fourth-order valence-corrected chi connectivity index (χ4v) is 2.99.